The lowest BCUT2D eigenvalue weighted by molar-refractivity contribution is -0.137. The normalized spacial score (nSPS) is 11.7. The summed E-state index contributed by atoms with van der Waals surface area (Å²) < 4.78 is 38.6. The van der Waals surface area contributed by atoms with Crippen LogP contribution < -0.4 is 5.32 Å². The Morgan fingerprint density at radius 1 is 1.29 bits per heavy atom. The number of amides is 1. The Morgan fingerprint density at radius 2 is 1.95 bits per heavy atom. The van der Waals surface area contributed by atoms with Crippen molar-refractivity contribution in [3.8, 4) is 0 Å². The Labute approximate surface area is 123 Å². The maximum atomic E-state index is 12.9. The van der Waals surface area contributed by atoms with Crippen LogP contribution in [0.15, 0.2) is 29.6 Å². The van der Waals surface area contributed by atoms with E-state index in [4.69, 9.17) is 0 Å². The Morgan fingerprint density at radius 3 is 2.52 bits per heavy atom. The van der Waals surface area contributed by atoms with E-state index >= 15 is 0 Å². The number of benzene rings is 1. The number of rotatable bonds is 3. The molecular formula is C14H13F3N2OS. The maximum absolute atomic E-state index is 12.9. The second-order valence-electron chi connectivity index (χ2n) is 4.73. The summed E-state index contributed by atoms with van der Waals surface area (Å²) in [4.78, 5) is 16.2. The van der Waals surface area contributed by atoms with Gasteiger partial charge in [0.05, 0.1) is 16.8 Å². The highest BCUT2D eigenvalue weighted by molar-refractivity contribution is 7.14. The molecule has 0 aliphatic carbocycles. The molecule has 1 heterocycles. The van der Waals surface area contributed by atoms with Crippen LogP contribution in [0.5, 0.6) is 0 Å². The van der Waals surface area contributed by atoms with Gasteiger partial charge in [0.15, 0.2) is 5.13 Å². The van der Waals surface area contributed by atoms with Crippen molar-refractivity contribution in [3.63, 3.8) is 0 Å². The lowest BCUT2D eigenvalue weighted by Crippen LogP contribution is -2.18. The van der Waals surface area contributed by atoms with Crippen LogP contribution >= 0.6 is 11.3 Å². The van der Waals surface area contributed by atoms with Crippen LogP contribution in [0.25, 0.3) is 0 Å². The van der Waals surface area contributed by atoms with E-state index in [1.807, 2.05) is 13.8 Å². The molecule has 0 bridgehead atoms. The van der Waals surface area contributed by atoms with E-state index in [1.165, 1.54) is 23.5 Å². The van der Waals surface area contributed by atoms with Crippen LogP contribution in [0, 0.1) is 0 Å². The fourth-order valence-electron chi connectivity index (χ4n) is 1.70. The summed E-state index contributed by atoms with van der Waals surface area (Å²) in [7, 11) is 0. The molecule has 0 fully saturated rings. The first-order valence-corrected chi connectivity index (χ1v) is 7.10. The van der Waals surface area contributed by atoms with Gasteiger partial charge in [-0.05, 0) is 18.1 Å². The molecule has 0 aliphatic heterocycles. The van der Waals surface area contributed by atoms with Crippen LogP contribution in [-0.2, 0) is 6.18 Å². The van der Waals surface area contributed by atoms with Crippen LogP contribution in [0.2, 0.25) is 0 Å². The molecule has 0 unspecified atom stereocenters. The zero-order chi connectivity index (χ0) is 15.6. The summed E-state index contributed by atoms with van der Waals surface area (Å²) in [5.74, 6) is -0.623. The Bertz CT molecular complexity index is 650. The number of thiazole rings is 1. The standard InChI is InChI=1S/C14H13F3N2OS/c1-8(2)11-7-21-13(18-11)19-12(20)9-5-3-4-6-10(9)14(15,16)17/h3-8H,1-2H3,(H,18,19,20). The van der Waals surface area contributed by atoms with Gasteiger partial charge in [-0.2, -0.15) is 13.2 Å². The topological polar surface area (TPSA) is 42.0 Å². The predicted octanol–water partition coefficient (Wildman–Crippen LogP) is 4.54. The van der Waals surface area contributed by atoms with Crippen molar-refractivity contribution in [3.05, 3.63) is 46.5 Å². The molecule has 0 aliphatic rings. The number of carbonyl (C=O) groups is 1. The largest absolute Gasteiger partial charge is 0.417 e. The van der Waals surface area contributed by atoms with E-state index in [2.05, 4.69) is 10.3 Å². The van der Waals surface area contributed by atoms with Crippen LogP contribution in [0.1, 0.15) is 41.4 Å². The van der Waals surface area contributed by atoms with E-state index in [0.29, 0.717) is 5.13 Å². The average Bonchev–Trinajstić information content (AvgIpc) is 2.86. The van der Waals surface area contributed by atoms with Crippen molar-refractivity contribution < 1.29 is 18.0 Å². The highest BCUT2D eigenvalue weighted by atomic mass is 32.1. The molecule has 21 heavy (non-hydrogen) atoms. The minimum Gasteiger partial charge on any atom is -0.298 e. The van der Waals surface area contributed by atoms with E-state index in [0.717, 1.165) is 17.8 Å². The molecule has 112 valence electrons. The number of anilines is 1. The predicted molar refractivity (Wildman–Crippen MR) is 75.6 cm³/mol. The molecule has 0 saturated heterocycles. The molecule has 0 atom stereocenters. The smallest absolute Gasteiger partial charge is 0.298 e. The van der Waals surface area contributed by atoms with E-state index in [-0.39, 0.29) is 5.92 Å². The second kappa shape index (κ2) is 5.85. The van der Waals surface area contributed by atoms with Crippen molar-refractivity contribution >= 4 is 22.4 Å². The first kappa shape index (κ1) is 15.5. The fraction of sp³-hybridized carbons (Fsp3) is 0.286. The number of carbonyl (C=O) groups excluding carboxylic acids is 1. The SMILES string of the molecule is CC(C)c1csc(NC(=O)c2ccccc2C(F)(F)F)n1. The number of alkyl halides is 3. The van der Waals surface area contributed by atoms with Crippen LogP contribution in [0.3, 0.4) is 0 Å². The number of aromatic nitrogens is 1. The van der Waals surface area contributed by atoms with Crippen molar-refractivity contribution in [2.24, 2.45) is 0 Å². The van der Waals surface area contributed by atoms with Crippen molar-refractivity contribution in [1.82, 2.24) is 4.98 Å². The number of nitrogens with one attached hydrogen (secondary N) is 1. The summed E-state index contributed by atoms with van der Waals surface area (Å²) in [5.41, 5.74) is -0.575. The van der Waals surface area contributed by atoms with Gasteiger partial charge >= 0.3 is 6.18 Å². The monoisotopic (exact) mass is 314 g/mol. The lowest BCUT2D eigenvalue weighted by atomic mass is 10.1. The highest BCUT2D eigenvalue weighted by Crippen LogP contribution is 2.32. The van der Waals surface area contributed by atoms with Gasteiger partial charge in [-0.25, -0.2) is 4.98 Å². The van der Waals surface area contributed by atoms with Gasteiger partial charge in [0, 0.05) is 5.38 Å². The molecule has 2 rings (SSSR count). The molecule has 0 spiro atoms. The van der Waals surface area contributed by atoms with Crippen molar-refractivity contribution in [2.75, 3.05) is 5.32 Å². The summed E-state index contributed by atoms with van der Waals surface area (Å²) in [6.07, 6.45) is -4.57. The van der Waals surface area contributed by atoms with Gasteiger partial charge in [0.1, 0.15) is 0 Å². The molecule has 0 radical (unpaired) electrons. The molecule has 3 nitrogen and oxygen atoms in total. The van der Waals surface area contributed by atoms with Crippen molar-refractivity contribution in [1.29, 1.82) is 0 Å². The minimum absolute atomic E-state index is 0.189. The molecule has 1 amide bonds. The Balaban J connectivity index is 2.24. The third-order valence-electron chi connectivity index (χ3n) is 2.81. The molecule has 0 saturated carbocycles. The molecule has 1 N–H and O–H groups in total. The third kappa shape index (κ3) is 3.60. The van der Waals surface area contributed by atoms with E-state index < -0.39 is 23.2 Å². The number of hydrogen-bond acceptors (Lipinski definition) is 3. The van der Waals surface area contributed by atoms with Crippen LogP contribution in [0.4, 0.5) is 18.3 Å². The van der Waals surface area contributed by atoms with Gasteiger partial charge < -0.3 is 0 Å². The zero-order valence-electron chi connectivity index (χ0n) is 11.4. The molecule has 1 aromatic carbocycles. The number of hydrogen-bond donors (Lipinski definition) is 1. The number of halogens is 3. The number of nitrogens with zero attached hydrogens (tertiary/aromatic N) is 1. The second-order valence-corrected chi connectivity index (χ2v) is 5.59. The van der Waals surface area contributed by atoms with Gasteiger partial charge in [-0.3, -0.25) is 10.1 Å². The molecule has 1 aromatic heterocycles. The van der Waals surface area contributed by atoms with Crippen LogP contribution in [-0.4, -0.2) is 10.9 Å². The van der Waals surface area contributed by atoms with Crippen molar-refractivity contribution in [2.45, 2.75) is 25.9 Å². The lowest BCUT2D eigenvalue weighted by Gasteiger charge is -2.11. The summed E-state index contributed by atoms with van der Waals surface area (Å²) in [6, 6.07) is 4.68. The fourth-order valence-corrected chi connectivity index (χ4v) is 2.57. The van der Waals surface area contributed by atoms with E-state index in [1.54, 1.807) is 5.38 Å². The maximum Gasteiger partial charge on any atom is 0.417 e. The summed E-state index contributed by atoms with van der Waals surface area (Å²) in [5, 5.41) is 4.48. The van der Waals surface area contributed by atoms with Gasteiger partial charge in [0.2, 0.25) is 0 Å². The minimum atomic E-state index is -4.57. The Kier molecular flexibility index (Phi) is 4.32. The summed E-state index contributed by atoms with van der Waals surface area (Å²) in [6.45, 7) is 3.89. The molecule has 2 aromatic rings. The van der Waals surface area contributed by atoms with Gasteiger partial charge in [-0.15, -0.1) is 11.3 Å². The van der Waals surface area contributed by atoms with Gasteiger partial charge in [-0.1, -0.05) is 26.0 Å². The molecule has 7 heteroatoms. The Hall–Kier alpha value is -1.89. The third-order valence-corrected chi connectivity index (χ3v) is 3.59. The zero-order valence-corrected chi connectivity index (χ0v) is 12.2. The first-order chi connectivity index (χ1) is 9.79. The quantitative estimate of drug-likeness (QED) is 0.904. The highest BCUT2D eigenvalue weighted by Gasteiger charge is 2.34. The molecular weight excluding hydrogens is 301 g/mol. The average molecular weight is 314 g/mol. The van der Waals surface area contributed by atoms with Gasteiger partial charge in [0.25, 0.3) is 5.91 Å². The first-order valence-electron chi connectivity index (χ1n) is 6.22. The van der Waals surface area contributed by atoms with E-state index in [9.17, 15) is 18.0 Å². The summed E-state index contributed by atoms with van der Waals surface area (Å²) >= 11 is 1.19.